The first kappa shape index (κ1) is 14.8. The normalized spacial score (nSPS) is 10.5. The molecular formula is C9H11NaO4S. The van der Waals surface area contributed by atoms with Gasteiger partial charge in [0.15, 0.2) is 6.29 Å². The maximum absolute atomic E-state index is 10.9. The van der Waals surface area contributed by atoms with E-state index in [0.29, 0.717) is 18.3 Å². The third kappa shape index (κ3) is 3.39. The van der Waals surface area contributed by atoms with Crippen molar-refractivity contribution in [3.63, 3.8) is 0 Å². The van der Waals surface area contributed by atoms with Crippen LogP contribution in [0, 0.1) is 0 Å². The van der Waals surface area contributed by atoms with Crippen molar-refractivity contribution >= 4 is 16.4 Å². The van der Waals surface area contributed by atoms with Crippen LogP contribution in [0.5, 0.6) is 0 Å². The van der Waals surface area contributed by atoms with E-state index in [0.717, 1.165) is 0 Å². The molecule has 0 bridgehead atoms. The van der Waals surface area contributed by atoms with Crippen molar-refractivity contribution in [2.24, 2.45) is 0 Å². The Hall–Kier alpha value is -0.200. The Bertz CT molecular complexity index is 459. The van der Waals surface area contributed by atoms with Gasteiger partial charge in [0.05, 0.1) is 0 Å². The van der Waals surface area contributed by atoms with E-state index < -0.39 is 10.1 Å². The third-order valence-electron chi connectivity index (χ3n) is 1.93. The first-order chi connectivity index (χ1) is 6.50. The Morgan fingerprint density at radius 2 is 2.07 bits per heavy atom. The maximum Gasteiger partial charge on any atom is 1.00 e. The molecule has 0 aliphatic heterocycles. The van der Waals surface area contributed by atoms with Gasteiger partial charge in [-0.2, -0.15) is 8.42 Å². The average molecular weight is 238 g/mol. The number of hydrogen-bond donors (Lipinski definition) is 1. The fourth-order valence-corrected chi connectivity index (χ4v) is 1.96. The monoisotopic (exact) mass is 238 g/mol. The molecule has 0 fully saturated rings. The molecule has 0 saturated carbocycles. The zero-order chi connectivity index (χ0) is 10.8. The van der Waals surface area contributed by atoms with Crippen LogP contribution in [0.3, 0.4) is 0 Å². The van der Waals surface area contributed by atoms with Crippen molar-refractivity contribution in [1.29, 1.82) is 0 Å². The molecule has 0 aromatic heterocycles. The maximum atomic E-state index is 10.9. The first-order valence-electron chi connectivity index (χ1n) is 4.05. The molecule has 6 heteroatoms. The molecule has 0 saturated heterocycles. The van der Waals surface area contributed by atoms with Crippen molar-refractivity contribution in [3.05, 3.63) is 29.3 Å². The molecular weight excluding hydrogens is 227 g/mol. The average Bonchev–Trinajstić information content (AvgIpc) is 2.15. The quantitative estimate of drug-likeness (QED) is 0.392. The number of aryl methyl sites for hydroxylation is 1. The van der Waals surface area contributed by atoms with Crippen molar-refractivity contribution in [2.45, 2.75) is 18.2 Å². The summed E-state index contributed by atoms with van der Waals surface area (Å²) in [5.74, 6) is 0. The van der Waals surface area contributed by atoms with Gasteiger partial charge in [0, 0.05) is 5.56 Å². The molecule has 4 nitrogen and oxygen atoms in total. The van der Waals surface area contributed by atoms with Gasteiger partial charge >= 0.3 is 29.6 Å². The topological polar surface area (TPSA) is 71.4 Å². The van der Waals surface area contributed by atoms with Crippen LogP contribution >= 0.6 is 0 Å². The Labute approximate surface area is 112 Å². The number of hydrogen-bond acceptors (Lipinski definition) is 3. The van der Waals surface area contributed by atoms with Crippen LogP contribution in [0.25, 0.3) is 0 Å². The van der Waals surface area contributed by atoms with Gasteiger partial charge in [0.25, 0.3) is 10.1 Å². The van der Waals surface area contributed by atoms with Gasteiger partial charge in [-0.25, -0.2) is 0 Å². The standard InChI is InChI=1S/C9H10O4S.Na.H/c1-2-7-4-3-5-9(8(7)6-10)14(11,12)13;;/h3-6H,2H2,1H3,(H,11,12,13);;/q;+1;-1. The summed E-state index contributed by atoms with van der Waals surface area (Å²) in [5.41, 5.74) is 0.646. The number of carbonyl (C=O) groups excluding carboxylic acids is 1. The molecule has 1 aromatic rings. The summed E-state index contributed by atoms with van der Waals surface area (Å²) in [7, 11) is -4.31. The summed E-state index contributed by atoms with van der Waals surface area (Å²) in [6.45, 7) is 1.80. The van der Waals surface area contributed by atoms with Gasteiger partial charge in [0.1, 0.15) is 4.90 Å². The predicted molar refractivity (Wildman–Crippen MR) is 52.1 cm³/mol. The van der Waals surface area contributed by atoms with Gasteiger partial charge in [-0.1, -0.05) is 19.1 Å². The smallest absolute Gasteiger partial charge is 1.00 e. The van der Waals surface area contributed by atoms with Gasteiger partial charge in [-0.3, -0.25) is 9.35 Å². The van der Waals surface area contributed by atoms with Crippen LogP contribution in [0.15, 0.2) is 23.1 Å². The summed E-state index contributed by atoms with van der Waals surface area (Å²) in [6.07, 6.45) is 0.985. The molecule has 15 heavy (non-hydrogen) atoms. The molecule has 0 atom stereocenters. The molecule has 0 spiro atoms. The molecule has 0 heterocycles. The zero-order valence-corrected chi connectivity index (χ0v) is 11.4. The van der Waals surface area contributed by atoms with Crippen LogP contribution in [0.1, 0.15) is 24.3 Å². The minimum atomic E-state index is -4.31. The van der Waals surface area contributed by atoms with Crippen LogP contribution < -0.4 is 29.6 Å². The Morgan fingerprint density at radius 3 is 2.47 bits per heavy atom. The van der Waals surface area contributed by atoms with Crippen LogP contribution in [-0.4, -0.2) is 19.3 Å². The molecule has 1 aromatic carbocycles. The van der Waals surface area contributed by atoms with E-state index >= 15 is 0 Å². The molecule has 1 N–H and O–H groups in total. The van der Waals surface area contributed by atoms with Gasteiger partial charge in [-0.15, -0.1) is 0 Å². The number of benzene rings is 1. The Balaban J connectivity index is 0. The number of carbonyl (C=O) groups is 1. The summed E-state index contributed by atoms with van der Waals surface area (Å²) in [6, 6.07) is 4.35. The molecule has 0 unspecified atom stereocenters. The van der Waals surface area contributed by atoms with E-state index in [2.05, 4.69) is 0 Å². The fraction of sp³-hybridized carbons (Fsp3) is 0.222. The zero-order valence-electron chi connectivity index (χ0n) is 9.60. The minimum Gasteiger partial charge on any atom is -1.00 e. The SMILES string of the molecule is CCc1cccc(S(=O)(=O)O)c1C=O.[H-].[Na+]. The van der Waals surface area contributed by atoms with Crippen molar-refractivity contribution in [3.8, 4) is 0 Å². The van der Waals surface area contributed by atoms with E-state index in [4.69, 9.17) is 4.55 Å². The van der Waals surface area contributed by atoms with Gasteiger partial charge in [-0.05, 0) is 18.1 Å². The van der Waals surface area contributed by atoms with E-state index in [-0.39, 0.29) is 41.4 Å². The summed E-state index contributed by atoms with van der Waals surface area (Å²) < 4.78 is 30.6. The molecule has 0 radical (unpaired) electrons. The van der Waals surface area contributed by atoms with Crippen molar-refractivity contribution < 1.29 is 48.7 Å². The predicted octanol–water partition coefficient (Wildman–Crippen LogP) is -1.58. The van der Waals surface area contributed by atoms with Crippen LogP contribution in [0.4, 0.5) is 0 Å². The van der Waals surface area contributed by atoms with E-state index in [1.165, 1.54) is 12.1 Å². The van der Waals surface area contributed by atoms with Crippen LogP contribution in [0.2, 0.25) is 0 Å². The number of rotatable bonds is 3. The van der Waals surface area contributed by atoms with E-state index in [1.807, 2.05) is 0 Å². The Kier molecular flexibility index (Phi) is 5.69. The first-order valence-corrected chi connectivity index (χ1v) is 5.49. The third-order valence-corrected chi connectivity index (χ3v) is 2.84. The molecule has 1 rings (SSSR count). The van der Waals surface area contributed by atoms with E-state index in [9.17, 15) is 13.2 Å². The Morgan fingerprint density at radius 1 is 1.47 bits per heavy atom. The largest absolute Gasteiger partial charge is 1.00 e. The fourth-order valence-electron chi connectivity index (χ4n) is 1.26. The summed E-state index contributed by atoms with van der Waals surface area (Å²) in [5, 5.41) is 0. The summed E-state index contributed by atoms with van der Waals surface area (Å²) >= 11 is 0. The molecule has 0 amide bonds. The molecule has 0 aliphatic carbocycles. The second kappa shape index (κ2) is 5.77. The van der Waals surface area contributed by atoms with Crippen molar-refractivity contribution in [2.75, 3.05) is 0 Å². The van der Waals surface area contributed by atoms with E-state index in [1.54, 1.807) is 13.0 Å². The molecule has 78 valence electrons. The summed E-state index contributed by atoms with van der Waals surface area (Å²) in [4.78, 5) is 10.4. The molecule has 0 aliphatic rings. The van der Waals surface area contributed by atoms with Gasteiger partial charge in [0.2, 0.25) is 0 Å². The second-order valence-corrected chi connectivity index (χ2v) is 4.17. The van der Waals surface area contributed by atoms with Crippen LogP contribution in [-0.2, 0) is 16.5 Å². The van der Waals surface area contributed by atoms with Crippen molar-refractivity contribution in [1.82, 2.24) is 0 Å². The second-order valence-electron chi connectivity index (χ2n) is 2.78. The number of aldehydes is 1. The minimum absolute atomic E-state index is 0. The van der Waals surface area contributed by atoms with Gasteiger partial charge < -0.3 is 1.43 Å².